The number of benzene rings is 1. The quantitative estimate of drug-likeness (QED) is 0.749. The fourth-order valence-electron chi connectivity index (χ4n) is 2.99. The molecule has 0 saturated carbocycles. The normalized spacial score (nSPS) is 14.4. The highest BCUT2D eigenvalue weighted by atomic mass is 16.6. The summed E-state index contributed by atoms with van der Waals surface area (Å²) in [6.07, 6.45) is 3.00. The third-order valence-electron chi connectivity index (χ3n) is 4.35. The number of hydrogen-bond donors (Lipinski definition) is 2. The average molecular weight is 386 g/mol. The van der Waals surface area contributed by atoms with Crippen molar-refractivity contribution in [3.8, 4) is 5.75 Å². The Hall–Kier alpha value is -3.10. The molecule has 0 bridgehead atoms. The molecule has 0 radical (unpaired) electrons. The van der Waals surface area contributed by atoms with Crippen molar-refractivity contribution >= 4 is 23.5 Å². The molecule has 0 unspecified atom stereocenters. The zero-order chi connectivity index (χ0) is 19.8. The third-order valence-corrected chi connectivity index (χ3v) is 4.35. The molecule has 150 valence electrons. The van der Waals surface area contributed by atoms with Crippen molar-refractivity contribution in [3.05, 3.63) is 30.5 Å². The van der Waals surface area contributed by atoms with Crippen molar-refractivity contribution < 1.29 is 14.3 Å². The number of ether oxygens (including phenoxy) is 2. The van der Waals surface area contributed by atoms with Crippen LogP contribution in [0.1, 0.15) is 26.7 Å². The van der Waals surface area contributed by atoms with Crippen LogP contribution >= 0.6 is 0 Å². The standard InChI is InChI=1S/C19H26N6O3/c1-3-27-16-7-5-14(6-8-16)22-18-23-17(13-20-24-18)21-15-9-11-25(12-10-15)19(26)28-4-2/h5-8,13,15H,3-4,9-12H2,1-2H3,(H2,21,22,23,24). The van der Waals surface area contributed by atoms with Crippen LogP contribution in [0, 0.1) is 0 Å². The minimum Gasteiger partial charge on any atom is -0.494 e. The summed E-state index contributed by atoms with van der Waals surface area (Å²) >= 11 is 0. The summed E-state index contributed by atoms with van der Waals surface area (Å²) in [4.78, 5) is 18.0. The van der Waals surface area contributed by atoms with Gasteiger partial charge in [0.25, 0.3) is 0 Å². The Morgan fingerprint density at radius 1 is 1.18 bits per heavy atom. The zero-order valence-electron chi connectivity index (χ0n) is 16.2. The molecule has 0 spiro atoms. The summed E-state index contributed by atoms with van der Waals surface area (Å²) in [5.41, 5.74) is 0.852. The maximum Gasteiger partial charge on any atom is 0.409 e. The number of likely N-dealkylation sites (tertiary alicyclic amines) is 1. The molecule has 9 nitrogen and oxygen atoms in total. The lowest BCUT2D eigenvalue weighted by atomic mass is 10.1. The SMILES string of the molecule is CCOC(=O)N1CCC(Nc2cnnc(Nc3ccc(OCC)cc3)n2)CC1. The van der Waals surface area contributed by atoms with E-state index in [2.05, 4.69) is 25.8 Å². The molecular formula is C19H26N6O3. The minimum absolute atomic E-state index is 0.223. The number of nitrogens with one attached hydrogen (secondary N) is 2. The molecule has 1 saturated heterocycles. The molecule has 1 aliphatic rings. The van der Waals surface area contributed by atoms with Gasteiger partial charge in [0.15, 0.2) is 5.82 Å². The number of hydrogen-bond acceptors (Lipinski definition) is 8. The van der Waals surface area contributed by atoms with E-state index in [4.69, 9.17) is 9.47 Å². The van der Waals surface area contributed by atoms with Gasteiger partial charge in [-0.3, -0.25) is 0 Å². The summed E-state index contributed by atoms with van der Waals surface area (Å²) in [6.45, 7) is 6.11. The van der Waals surface area contributed by atoms with Gasteiger partial charge < -0.3 is 25.0 Å². The summed E-state index contributed by atoms with van der Waals surface area (Å²) in [5, 5.41) is 14.6. The highest BCUT2D eigenvalue weighted by Gasteiger charge is 2.23. The largest absolute Gasteiger partial charge is 0.494 e. The van der Waals surface area contributed by atoms with E-state index in [0.717, 1.165) is 24.3 Å². The first-order chi connectivity index (χ1) is 13.7. The summed E-state index contributed by atoms with van der Waals surface area (Å²) in [5.74, 6) is 1.88. The fraction of sp³-hybridized carbons (Fsp3) is 0.474. The van der Waals surface area contributed by atoms with Crippen molar-refractivity contribution in [2.24, 2.45) is 0 Å². The van der Waals surface area contributed by atoms with Crippen molar-refractivity contribution in [3.63, 3.8) is 0 Å². The van der Waals surface area contributed by atoms with Crippen molar-refractivity contribution in [2.45, 2.75) is 32.7 Å². The molecule has 1 fully saturated rings. The Labute approximate surface area is 164 Å². The van der Waals surface area contributed by atoms with Gasteiger partial charge in [-0.05, 0) is 51.0 Å². The first-order valence-electron chi connectivity index (χ1n) is 9.55. The zero-order valence-corrected chi connectivity index (χ0v) is 16.2. The van der Waals surface area contributed by atoms with Crippen LogP contribution in [0.3, 0.4) is 0 Å². The van der Waals surface area contributed by atoms with E-state index in [-0.39, 0.29) is 12.1 Å². The molecule has 1 aliphatic heterocycles. The molecule has 3 rings (SSSR count). The van der Waals surface area contributed by atoms with Gasteiger partial charge in [0, 0.05) is 24.8 Å². The van der Waals surface area contributed by atoms with Crippen LogP contribution in [-0.2, 0) is 4.74 Å². The van der Waals surface area contributed by atoms with Crippen LogP contribution in [0.15, 0.2) is 30.5 Å². The molecule has 28 heavy (non-hydrogen) atoms. The second kappa shape index (κ2) is 9.72. The smallest absolute Gasteiger partial charge is 0.409 e. The Balaban J connectivity index is 1.53. The second-order valence-corrected chi connectivity index (χ2v) is 6.35. The Morgan fingerprint density at radius 2 is 1.93 bits per heavy atom. The number of nitrogens with zero attached hydrogens (tertiary/aromatic N) is 4. The molecular weight excluding hydrogens is 360 g/mol. The van der Waals surface area contributed by atoms with E-state index in [1.165, 1.54) is 0 Å². The number of carbonyl (C=O) groups excluding carboxylic acids is 1. The highest BCUT2D eigenvalue weighted by molar-refractivity contribution is 5.67. The van der Waals surface area contributed by atoms with E-state index in [1.807, 2.05) is 38.1 Å². The molecule has 1 aromatic heterocycles. The Bertz CT molecular complexity index is 763. The Kier molecular flexibility index (Phi) is 6.83. The van der Waals surface area contributed by atoms with Crippen molar-refractivity contribution in [1.29, 1.82) is 0 Å². The van der Waals surface area contributed by atoms with Crippen LogP contribution in [-0.4, -0.2) is 58.5 Å². The number of carbonyl (C=O) groups is 1. The van der Waals surface area contributed by atoms with Crippen LogP contribution in [0.2, 0.25) is 0 Å². The molecule has 2 heterocycles. The topological polar surface area (TPSA) is 102 Å². The van der Waals surface area contributed by atoms with Gasteiger partial charge in [-0.25, -0.2) is 4.79 Å². The van der Waals surface area contributed by atoms with E-state index >= 15 is 0 Å². The maximum absolute atomic E-state index is 11.8. The van der Waals surface area contributed by atoms with Gasteiger partial charge in [-0.2, -0.15) is 10.1 Å². The lowest BCUT2D eigenvalue weighted by molar-refractivity contribution is 0.0983. The number of anilines is 3. The summed E-state index contributed by atoms with van der Waals surface area (Å²) < 4.78 is 10.5. The van der Waals surface area contributed by atoms with Crippen molar-refractivity contribution in [2.75, 3.05) is 36.9 Å². The molecule has 0 atom stereocenters. The molecule has 2 aromatic rings. The van der Waals surface area contributed by atoms with E-state index in [0.29, 0.717) is 38.1 Å². The molecule has 2 N–H and O–H groups in total. The van der Waals surface area contributed by atoms with Crippen LogP contribution < -0.4 is 15.4 Å². The predicted molar refractivity (Wildman–Crippen MR) is 106 cm³/mol. The van der Waals surface area contributed by atoms with Crippen LogP contribution in [0.5, 0.6) is 5.75 Å². The van der Waals surface area contributed by atoms with E-state index in [9.17, 15) is 4.79 Å². The first kappa shape index (κ1) is 19.7. The Morgan fingerprint density at radius 3 is 2.61 bits per heavy atom. The van der Waals surface area contributed by atoms with Gasteiger partial charge in [0.1, 0.15) is 5.75 Å². The van der Waals surface area contributed by atoms with Gasteiger partial charge in [0.05, 0.1) is 19.4 Å². The monoisotopic (exact) mass is 386 g/mol. The first-order valence-corrected chi connectivity index (χ1v) is 9.55. The highest BCUT2D eigenvalue weighted by Crippen LogP contribution is 2.20. The number of piperidine rings is 1. The van der Waals surface area contributed by atoms with Crippen molar-refractivity contribution in [1.82, 2.24) is 20.1 Å². The average Bonchev–Trinajstić information content (AvgIpc) is 2.71. The lowest BCUT2D eigenvalue weighted by Crippen LogP contribution is -2.42. The lowest BCUT2D eigenvalue weighted by Gasteiger charge is -2.31. The number of amides is 1. The van der Waals surface area contributed by atoms with Crippen LogP contribution in [0.25, 0.3) is 0 Å². The fourth-order valence-corrected chi connectivity index (χ4v) is 2.99. The van der Waals surface area contributed by atoms with Gasteiger partial charge in [0.2, 0.25) is 5.95 Å². The molecule has 1 amide bonds. The molecule has 9 heteroatoms. The van der Waals surface area contributed by atoms with Gasteiger partial charge in [-0.15, -0.1) is 5.10 Å². The number of rotatable bonds is 7. The molecule has 0 aliphatic carbocycles. The summed E-state index contributed by atoms with van der Waals surface area (Å²) in [6, 6.07) is 7.80. The minimum atomic E-state index is -0.244. The third kappa shape index (κ3) is 5.45. The predicted octanol–water partition coefficient (Wildman–Crippen LogP) is 3.05. The van der Waals surface area contributed by atoms with Crippen LogP contribution in [0.4, 0.5) is 22.2 Å². The number of aromatic nitrogens is 3. The van der Waals surface area contributed by atoms with E-state index in [1.54, 1.807) is 11.1 Å². The molecule has 1 aromatic carbocycles. The van der Waals surface area contributed by atoms with Gasteiger partial charge >= 0.3 is 6.09 Å². The van der Waals surface area contributed by atoms with Gasteiger partial charge in [-0.1, -0.05) is 0 Å². The summed E-state index contributed by atoms with van der Waals surface area (Å²) in [7, 11) is 0. The maximum atomic E-state index is 11.8. The van der Waals surface area contributed by atoms with E-state index < -0.39 is 0 Å². The second-order valence-electron chi connectivity index (χ2n) is 6.35.